The largest absolute Gasteiger partial charge is 0.356 e. The molecule has 1 aliphatic heterocycles. The van der Waals surface area contributed by atoms with Crippen LogP contribution in [-0.2, 0) is 6.54 Å². The van der Waals surface area contributed by atoms with Crippen LogP contribution < -0.4 is 10.2 Å². The van der Waals surface area contributed by atoms with Crippen molar-refractivity contribution in [3.63, 3.8) is 0 Å². The van der Waals surface area contributed by atoms with E-state index in [0.29, 0.717) is 5.92 Å². The number of hydrogen-bond acceptors (Lipinski definition) is 3. The smallest absolute Gasteiger partial charge is 0.128 e. The second kappa shape index (κ2) is 6.19. The van der Waals surface area contributed by atoms with Crippen LogP contribution in [0.15, 0.2) is 18.3 Å². The molecule has 3 nitrogen and oxygen atoms in total. The van der Waals surface area contributed by atoms with Crippen LogP contribution in [0.5, 0.6) is 0 Å². The van der Waals surface area contributed by atoms with Gasteiger partial charge in [-0.05, 0) is 36.4 Å². The Morgan fingerprint density at radius 1 is 1.44 bits per heavy atom. The maximum atomic E-state index is 4.58. The molecule has 18 heavy (non-hydrogen) atoms. The van der Waals surface area contributed by atoms with Gasteiger partial charge in [-0.1, -0.05) is 26.8 Å². The zero-order chi connectivity index (χ0) is 13.0. The molecule has 3 heteroatoms. The molecule has 0 bridgehead atoms. The summed E-state index contributed by atoms with van der Waals surface area (Å²) in [6.45, 7) is 11.0. The van der Waals surface area contributed by atoms with E-state index in [1.807, 2.05) is 6.20 Å². The number of hydrogen-bond donors (Lipinski definition) is 1. The van der Waals surface area contributed by atoms with Crippen LogP contribution in [0, 0.1) is 11.8 Å². The molecular formula is C15H25N3. The van der Waals surface area contributed by atoms with Gasteiger partial charge in [0.1, 0.15) is 5.82 Å². The highest BCUT2D eigenvalue weighted by molar-refractivity contribution is 5.40. The SMILES string of the molecule is CC(C)CNCc1ccc(N2CCC(C)C2)nc1. The van der Waals surface area contributed by atoms with Gasteiger partial charge in [0.15, 0.2) is 0 Å². The van der Waals surface area contributed by atoms with Gasteiger partial charge in [0.05, 0.1) is 0 Å². The van der Waals surface area contributed by atoms with Crippen molar-refractivity contribution in [2.75, 3.05) is 24.5 Å². The van der Waals surface area contributed by atoms with E-state index in [0.717, 1.165) is 37.9 Å². The zero-order valence-corrected chi connectivity index (χ0v) is 11.8. The maximum absolute atomic E-state index is 4.58. The molecule has 100 valence electrons. The summed E-state index contributed by atoms with van der Waals surface area (Å²) in [4.78, 5) is 6.96. The first-order valence-corrected chi connectivity index (χ1v) is 7.05. The lowest BCUT2D eigenvalue weighted by Crippen LogP contribution is -2.21. The molecule has 1 aromatic rings. The average Bonchev–Trinajstić information content (AvgIpc) is 2.76. The third-order valence-corrected chi connectivity index (χ3v) is 3.44. The fourth-order valence-corrected chi connectivity index (χ4v) is 2.36. The van der Waals surface area contributed by atoms with Crippen LogP contribution in [-0.4, -0.2) is 24.6 Å². The Morgan fingerprint density at radius 2 is 2.28 bits per heavy atom. The maximum Gasteiger partial charge on any atom is 0.128 e. The Kier molecular flexibility index (Phi) is 4.59. The zero-order valence-electron chi connectivity index (χ0n) is 11.8. The van der Waals surface area contributed by atoms with Crippen molar-refractivity contribution in [3.05, 3.63) is 23.9 Å². The summed E-state index contributed by atoms with van der Waals surface area (Å²) in [7, 11) is 0. The second-order valence-corrected chi connectivity index (χ2v) is 5.89. The molecule has 1 saturated heterocycles. The van der Waals surface area contributed by atoms with Gasteiger partial charge >= 0.3 is 0 Å². The third-order valence-electron chi connectivity index (χ3n) is 3.44. The quantitative estimate of drug-likeness (QED) is 0.867. The minimum Gasteiger partial charge on any atom is -0.356 e. The highest BCUT2D eigenvalue weighted by Gasteiger charge is 2.19. The van der Waals surface area contributed by atoms with Crippen molar-refractivity contribution in [1.29, 1.82) is 0 Å². The molecule has 1 N–H and O–H groups in total. The van der Waals surface area contributed by atoms with Gasteiger partial charge in [-0.25, -0.2) is 4.98 Å². The Morgan fingerprint density at radius 3 is 2.83 bits per heavy atom. The van der Waals surface area contributed by atoms with Gasteiger partial charge in [-0.15, -0.1) is 0 Å². The van der Waals surface area contributed by atoms with Crippen LogP contribution in [0.1, 0.15) is 32.8 Å². The molecule has 1 aliphatic rings. The van der Waals surface area contributed by atoms with Gasteiger partial charge in [-0.2, -0.15) is 0 Å². The van der Waals surface area contributed by atoms with Crippen molar-refractivity contribution < 1.29 is 0 Å². The minimum absolute atomic E-state index is 0.698. The summed E-state index contributed by atoms with van der Waals surface area (Å²) < 4.78 is 0. The van der Waals surface area contributed by atoms with Crippen LogP contribution in [0.4, 0.5) is 5.82 Å². The lowest BCUT2D eigenvalue weighted by atomic mass is 10.2. The number of nitrogens with one attached hydrogen (secondary N) is 1. The summed E-state index contributed by atoms with van der Waals surface area (Å²) in [5.41, 5.74) is 1.27. The first kappa shape index (κ1) is 13.3. The van der Waals surface area contributed by atoms with Gasteiger partial charge in [-0.3, -0.25) is 0 Å². The summed E-state index contributed by atoms with van der Waals surface area (Å²) in [6.07, 6.45) is 3.30. The number of aromatic nitrogens is 1. The topological polar surface area (TPSA) is 28.2 Å². The Bertz CT molecular complexity index is 359. The Labute approximate surface area is 111 Å². The van der Waals surface area contributed by atoms with E-state index in [1.165, 1.54) is 12.0 Å². The van der Waals surface area contributed by atoms with Gasteiger partial charge < -0.3 is 10.2 Å². The molecule has 1 unspecified atom stereocenters. The molecule has 0 amide bonds. The number of pyridine rings is 1. The van der Waals surface area contributed by atoms with Crippen molar-refractivity contribution in [2.24, 2.45) is 11.8 Å². The monoisotopic (exact) mass is 247 g/mol. The van der Waals surface area contributed by atoms with Gasteiger partial charge in [0.2, 0.25) is 0 Å². The fraction of sp³-hybridized carbons (Fsp3) is 0.667. The molecule has 0 spiro atoms. The molecule has 0 radical (unpaired) electrons. The highest BCUT2D eigenvalue weighted by atomic mass is 15.2. The van der Waals surface area contributed by atoms with Crippen molar-refractivity contribution in [3.8, 4) is 0 Å². The Hall–Kier alpha value is -1.09. The molecule has 1 fully saturated rings. The van der Waals surface area contributed by atoms with Gasteiger partial charge in [0, 0.05) is 25.8 Å². The average molecular weight is 247 g/mol. The first-order valence-electron chi connectivity index (χ1n) is 7.05. The van der Waals surface area contributed by atoms with Gasteiger partial charge in [0.25, 0.3) is 0 Å². The first-order chi connectivity index (χ1) is 8.65. The Balaban J connectivity index is 1.85. The fourth-order valence-electron chi connectivity index (χ4n) is 2.36. The molecule has 0 saturated carbocycles. The second-order valence-electron chi connectivity index (χ2n) is 5.89. The highest BCUT2D eigenvalue weighted by Crippen LogP contribution is 2.21. The molecule has 0 aromatic carbocycles. The van der Waals surface area contributed by atoms with E-state index in [1.54, 1.807) is 0 Å². The molecule has 0 aliphatic carbocycles. The molecular weight excluding hydrogens is 222 g/mol. The van der Waals surface area contributed by atoms with Crippen LogP contribution in [0.3, 0.4) is 0 Å². The molecule has 2 heterocycles. The van der Waals surface area contributed by atoms with Crippen LogP contribution in [0.2, 0.25) is 0 Å². The predicted molar refractivity (Wildman–Crippen MR) is 76.8 cm³/mol. The number of rotatable bonds is 5. The van der Waals surface area contributed by atoms with Crippen molar-refractivity contribution in [2.45, 2.75) is 33.7 Å². The van der Waals surface area contributed by atoms with E-state index < -0.39 is 0 Å². The summed E-state index contributed by atoms with van der Waals surface area (Å²) >= 11 is 0. The van der Waals surface area contributed by atoms with E-state index in [-0.39, 0.29) is 0 Å². The van der Waals surface area contributed by atoms with E-state index in [9.17, 15) is 0 Å². The molecule has 1 atom stereocenters. The normalized spacial score (nSPS) is 19.8. The standard InChI is InChI=1S/C15H25N3/c1-12(2)8-16-9-14-4-5-15(17-10-14)18-7-6-13(3)11-18/h4-5,10,12-13,16H,6-9,11H2,1-3H3. The lowest BCUT2D eigenvalue weighted by molar-refractivity contribution is 0.552. The van der Waals surface area contributed by atoms with E-state index in [2.05, 4.69) is 48.1 Å². The van der Waals surface area contributed by atoms with Crippen LogP contribution in [0.25, 0.3) is 0 Å². The van der Waals surface area contributed by atoms with E-state index >= 15 is 0 Å². The molecule has 2 rings (SSSR count). The summed E-state index contributed by atoms with van der Waals surface area (Å²) in [5, 5.41) is 3.44. The summed E-state index contributed by atoms with van der Waals surface area (Å²) in [6, 6.07) is 4.35. The number of anilines is 1. The van der Waals surface area contributed by atoms with Crippen molar-refractivity contribution >= 4 is 5.82 Å². The predicted octanol–water partition coefficient (Wildman–Crippen LogP) is 2.67. The van der Waals surface area contributed by atoms with E-state index in [4.69, 9.17) is 0 Å². The number of nitrogens with zero attached hydrogens (tertiary/aromatic N) is 2. The lowest BCUT2D eigenvalue weighted by Gasteiger charge is -2.17. The minimum atomic E-state index is 0.698. The van der Waals surface area contributed by atoms with Crippen LogP contribution >= 0.6 is 0 Å². The summed E-state index contributed by atoms with van der Waals surface area (Å²) in [5.74, 6) is 2.63. The molecule has 1 aromatic heterocycles. The third kappa shape index (κ3) is 3.70. The van der Waals surface area contributed by atoms with Crippen molar-refractivity contribution in [1.82, 2.24) is 10.3 Å².